The summed E-state index contributed by atoms with van der Waals surface area (Å²) >= 11 is 0. The molecule has 0 spiro atoms. The molecule has 6 nitrogen and oxygen atoms in total. The average molecular weight is 353 g/mol. The Balaban J connectivity index is 1.58. The molecule has 4 rings (SSSR count). The molecule has 1 unspecified atom stereocenters. The number of esters is 1. The summed E-state index contributed by atoms with van der Waals surface area (Å²) in [6.45, 7) is 5.04. The summed E-state index contributed by atoms with van der Waals surface area (Å²) in [5.41, 5.74) is 2.81. The second kappa shape index (κ2) is 6.96. The van der Waals surface area contributed by atoms with Gasteiger partial charge >= 0.3 is 5.97 Å². The number of nitrogens with zero attached hydrogens (tertiary/aromatic N) is 2. The van der Waals surface area contributed by atoms with E-state index < -0.39 is 5.92 Å². The monoisotopic (exact) mass is 353 g/mol. The van der Waals surface area contributed by atoms with Crippen molar-refractivity contribution >= 4 is 11.7 Å². The average Bonchev–Trinajstić information content (AvgIpc) is 2.67. The first-order valence-electron chi connectivity index (χ1n) is 8.98. The molecule has 2 aromatic rings. The van der Waals surface area contributed by atoms with Gasteiger partial charge in [0.25, 0.3) is 0 Å². The van der Waals surface area contributed by atoms with Gasteiger partial charge in [0, 0.05) is 43.5 Å². The van der Waals surface area contributed by atoms with E-state index in [0.717, 1.165) is 30.9 Å². The number of pyridine rings is 1. The van der Waals surface area contributed by atoms with E-state index in [4.69, 9.17) is 9.47 Å². The zero-order valence-electron chi connectivity index (χ0n) is 15.1. The minimum absolute atomic E-state index is 0.260. The number of carbonyl (C=O) groups is 1. The maximum Gasteiger partial charge on any atom is 0.320 e. The van der Waals surface area contributed by atoms with E-state index in [1.807, 2.05) is 18.2 Å². The Kier molecular flexibility index (Phi) is 4.51. The van der Waals surface area contributed by atoms with Gasteiger partial charge in [-0.2, -0.15) is 0 Å². The summed E-state index contributed by atoms with van der Waals surface area (Å²) in [6.07, 6.45) is 0.590. The Morgan fingerprint density at radius 2 is 2.19 bits per heavy atom. The molecule has 0 aliphatic carbocycles. The number of piperazine rings is 1. The maximum atomic E-state index is 12.6. The van der Waals surface area contributed by atoms with Crippen molar-refractivity contribution in [3.63, 3.8) is 0 Å². The number of ether oxygens (including phenoxy) is 2. The normalized spacial score (nSPS) is 22.5. The van der Waals surface area contributed by atoms with Crippen molar-refractivity contribution in [2.24, 2.45) is 0 Å². The van der Waals surface area contributed by atoms with Gasteiger partial charge in [0.15, 0.2) is 0 Å². The fraction of sp³-hybridized carbons (Fsp3) is 0.400. The van der Waals surface area contributed by atoms with Crippen LogP contribution in [0.5, 0.6) is 11.6 Å². The molecule has 0 amide bonds. The molecule has 1 aromatic carbocycles. The van der Waals surface area contributed by atoms with Crippen molar-refractivity contribution in [1.82, 2.24) is 10.3 Å². The molecule has 26 heavy (non-hydrogen) atoms. The van der Waals surface area contributed by atoms with Gasteiger partial charge in [-0.3, -0.25) is 4.79 Å². The zero-order valence-corrected chi connectivity index (χ0v) is 15.1. The molecule has 1 saturated heterocycles. The van der Waals surface area contributed by atoms with Crippen LogP contribution >= 0.6 is 0 Å². The second-order valence-electron chi connectivity index (χ2n) is 6.88. The number of carbonyl (C=O) groups excluding carboxylic acids is 1. The molecule has 1 aromatic heterocycles. The number of nitrogens with one attached hydrogen (secondary N) is 1. The van der Waals surface area contributed by atoms with Gasteiger partial charge in [-0.15, -0.1) is 0 Å². The van der Waals surface area contributed by atoms with Crippen LogP contribution in [0.15, 0.2) is 36.4 Å². The van der Waals surface area contributed by atoms with Gasteiger partial charge in [-0.05, 0) is 31.0 Å². The predicted octanol–water partition coefficient (Wildman–Crippen LogP) is 2.13. The summed E-state index contributed by atoms with van der Waals surface area (Å²) < 4.78 is 10.8. The lowest BCUT2D eigenvalue weighted by molar-refractivity contribution is -0.137. The summed E-state index contributed by atoms with van der Waals surface area (Å²) in [5.74, 6) is 0.508. The standard InChI is InChI=1S/C20H23N3O3/c1-13-12-23(9-8-21-13)15-7-6-14-10-16(20(24)26-18(14)11-15)17-4-3-5-19(22-17)25-2/h3-7,11,13,16,21H,8-10,12H2,1-2H3/t13-,16?/m1/s1. The third-order valence-corrected chi connectivity index (χ3v) is 5.02. The smallest absolute Gasteiger partial charge is 0.320 e. The number of benzene rings is 1. The van der Waals surface area contributed by atoms with Crippen LogP contribution in [0.1, 0.15) is 24.1 Å². The highest BCUT2D eigenvalue weighted by Crippen LogP contribution is 2.36. The molecular formula is C20H23N3O3. The summed E-state index contributed by atoms with van der Waals surface area (Å²) in [4.78, 5) is 19.3. The summed E-state index contributed by atoms with van der Waals surface area (Å²) in [6, 6.07) is 12.1. The molecule has 6 heteroatoms. The second-order valence-corrected chi connectivity index (χ2v) is 6.88. The first kappa shape index (κ1) is 16.8. The highest BCUT2D eigenvalue weighted by atomic mass is 16.5. The van der Waals surface area contributed by atoms with Crippen molar-refractivity contribution < 1.29 is 14.3 Å². The number of hydrogen-bond donors (Lipinski definition) is 1. The summed E-state index contributed by atoms with van der Waals surface area (Å²) in [5, 5.41) is 3.44. The number of hydrogen-bond acceptors (Lipinski definition) is 6. The number of anilines is 1. The first-order valence-corrected chi connectivity index (χ1v) is 8.98. The Morgan fingerprint density at radius 3 is 3.00 bits per heavy atom. The molecule has 0 bridgehead atoms. The van der Waals surface area contributed by atoms with Gasteiger partial charge < -0.3 is 19.7 Å². The van der Waals surface area contributed by atoms with Crippen LogP contribution in [0, 0.1) is 0 Å². The quantitative estimate of drug-likeness (QED) is 0.674. The lowest BCUT2D eigenvalue weighted by Gasteiger charge is -2.34. The highest BCUT2D eigenvalue weighted by Gasteiger charge is 2.31. The Morgan fingerprint density at radius 1 is 1.31 bits per heavy atom. The fourth-order valence-electron chi connectivity index (χ4n) is 3.62. The van der Waals surface area contributed by atoms with Crippen molar-refractivity contribution in [3.05, 3.63) is 47.7 Å². The van der Waals surface area contributed by atoms with E-state index in [-0.39, 0.29) is 5.97 Å². The minimum atomic E-state index is -0.400. The molecule has 0 saturated carbocycles. The van der Waals surface area contributed by atoms with Gasteiger partial charge in [0.05, 0.1) is 12.8 Å². The van der Waals surface area contributed by atoms with E-state index in [0.29, 0.717) is 29.8 Å². The van der Waals surface area contributed by atoms with E-state index in [1.165, 1.54) is 0 Å². The molecule has 136 valence electrons. The molecule has 3 heterocycles. The number of fused-ring (bicyclic) bond motifs is 1. The van der Waals surface area contributed by atoms with Crippen molar-refractivity contribution in [2.45, 2.75) is 25.3 Å². The van der Waals surface area contributed by atoms with Crippen LogP contribution in [0.25, 0.3) is 0 Å². The molecule has 1 fully saturated rings. The van der Waals surface area contributed by atoms with Gasteiger partial charge in [0.1, 0.15) is 11.7 Å². The van der Waals surface area contributed by atoms with E-state index in [9.17, 15) is 4.79 Å². The third-order valence-electron chi connectivity index (χ3n) is 5.02. The largest absolute Gasteiger partial charge is 0.481 e. The fourth-order valence-corrected chi connectivity index (χ4v) is 3.62. The third kappa shape index (κ3) is 3.24. The molecule has 2 aliphatic heterocycles. The zero-order chi connectivity index (χ0) is 18.1. The SMILES string of the molecule is COc1cccc(C2Cc3ccc(N4CCN[C@H](C)C4)cc3OC2=O)n1. The van der Waals surface area contributed by atoms with E-state index >= 15 is 0 Å². The van der Waals surface area contributed by atoms with Crippen molar-refractivity contribution in [1.29, 1.82) is 0 Å². The number of aromatic nitrogens is 1. The van der Waals surface area contributed by atoms with E-state index in [2.05, 4.69) is 34.3 Å². The first-order chi connectivity index (χ1) is 12.6. The van der Waals surface area contributed by atoms with Gasteiger partial charge in [-0.1, -0.05) is 12.1 Å². The van der Waals surface area contributed by atoms with Crippen molar-refractivity contribution in [3.8, 4) is 11.6 Å². The Hall–Kier alpha value is -2.60. The highest BCUT2D eigenvalue weighted by molar-refractivity contribution is 5.83. The molecular weight excluding hydrogens is 330 g/mol. The Bertz CT molecular complexity index is 824. The summed E-state index contributed by atoms with van der Waals surface area (Å²) in [7, 11) is 1.57. The lowest BCUT2D eigenvalue weighted by atomic mass is 9.92. The maximum absolute atomic E-state index is 12.6. The van der Waals surface area contributed by atoms with Crippen molar-refractivity contribution in [2.75, 3.05) is 31.6 Å². The molecule has 2 atom stereocenters. The van der Waals surface area contributed by atoms with E-state index in [1.54, 1.807) is 13.2 Å². The van der Waals surface area contributed by atoms with Crippen LogP contribution in [0.4, 0.5) is 5.69 Å². The molecule has 0 radical (unpaired) electrons. The van der Waals surface area contributed by atoms with Crippen LogP contribution in [0.3, 0.4) is 0 Å². The number of methoxy groups -OCH3 is 1. The van der Waals surface area contributed by atoms with Crippen LogP contribution < -0.4 is 19.7 Å². The predicted molar refractivity (Wildman–Crippen MR) is 99.0 cm³/mol. The topological polar surface area (TPSA) is 63.7 Å². The lowest BCUT2D eigenvalue weighted by Crippen LogP contribution is -2.49. The minimum Gasteiger partial charge on any atom is -0.481 e. The van der Waals surface area contributed by atoms with Gasteiger partial charge in [0.2, 0.25) is 5.88 Å². The van der Waals surface area contributed by atoms with Crippen LogP contribution in [-0.4, -0.2) is 43.7 Å². The van der Waals surface area contributed by atoms with Gasteiger partial charge in [-0.25, -0.2) is 4.98 Å². The van der Waals surface area contributed by atoms with Crippen LogP contribution in [-0.2, 0) is 11.2 Å². The molecule has 2 aliphatic rings. The van der Waals surface area contributed by atoms with Crippen LogP contribution in [0.2, 0.25) is 0 Å². The Labute approximate surface area is 153 Å². The molecule has 1 N–H and O–H groups in total. The number of rotatable bonds is 3.